The maximum atomic E-state index is 12.2. The second-order valence-corrected chi connectivity index (χ2v) is 7.45. The van der Waals surface area contributed by atoms with Crippen LogP contribution in [0.3, 0.4) is 0 Å². The molecule has 4 heteroatoms. The van der Waals surface area contributed by atoms with Crippen LogP contribution in [0.4, 0.5) is 4.79 Å². The fourth-order valence-electron chi connectivity index (χ4n) is 4.07. The zero-order valence-electron chi connectivity index (χ0n) is 12.9. The molecule has 2 aliphatic carbocycles. The SMILES string of the molecule is CC[C@H](CC1CC1)NC(=O)N[C@@H]1[C@@H]2CCO[C@@H]2C1(C)C. The number of nitrogens with one attached hydrogen (secondary N) is 2. The molecule has 114 valence electrons. The van der Waals surface area contributed by atoms with Gasteiger partial charge < -0.3 is 15.4 Å². The predicted octanol–water partition coefficient (Wildman–Crippen LogP) is 2.68. The van der Waals surface area contributed by atoms with Crippen LogP contribution < -0.4 is 10.6 Å². The van der Waals surface area contributed by atoms with Crippen molar-refractivity contribution >= 4 is 6.03 Å². The first-order valence-electron chi connectivity index (χ1n) is 8.21. The van der Waals surface area contributed by atoms with E-state index in [0.717, 1.165) is 31.8 Å². The second kappa shape index (κ2) is 5.21. The summed E-state index contributed by atoms with van der Waals surface area (Å²) >= 11 is 0. The normalized spacial score (nSPS) is 35.9. The molecule has 1 aliphatic heterocycles. The van der Waals surface area contributed by atoms with Crippen molar-refractivity contribution in [2.45, 2.75) is 71.1 Å². The van der Waals surface area contributed by atoms with Crippen molar-refractivity contribution in [1.29, 1.82) is 0 Å². The topological polar surface area (TPSA) is 50.4 Å². The standard InChI is InChI=1S/C16H28N2O2/c1-4-11(9-10-5-6-10)17-15(19)18-13-12-7-8-20-14(12)16(13,2)3/h10-14H,4-9H2,1-3H3,(H2,17,18,19)/t11-,12+,13-,14+/m1/s1. The minimum Gasteiger partial charge on any atom is -0.377 e. The second-order valence-electron chi connectivity index (χ2n) is 7.45. The van der Waals surface area contributed by atoms with Gasteiger partial charge in [-0.05, 0) is 25.2 Å². The lowest BCUT2D eigenvalue weighted by Gasteiger charge is -2.54. The van der Waals surface area contributed by atoms with Gasteiger partial charge in [-0.15, -0.1) is 0 Å². The van der Waals surface area contributed by atoms with Crippen LogP contribution in [0.2, 0.25) is 0 Å². The number of fused-ring (bicyclic) bond motifs is 1. The molecular formula is C16H28N2O2. The van der Waals surface area contributed by atoms with Crippen LogP contribution in [0.5, 0.6) is 0 Å². The summed E-state index contributed by atoms with van der Waals surface area (Å²) in [5.74, 6) is 1.37. The molecule has 0 bridgehead atoms. The van der Waals surface area contributed by atoms with Crippen molar-refractivity contribution in [1.82, 2.24) is 10.6 Å². The molecule has 3 aliphatic rings. The van der Waals surface area contributed by atoms with Crippen LogP contribution in [0.15, 0.2) is 0 Å². The molecule has 0 spiro atoms. The first-order chi connectivity index (χ1) is 9.52. The summed E-state index contributed by atoms with van der Waals surface area (Å²) in [4.78, 5) is 12.2. The molecule has 2 N–H and O–H groups in total. The van der Waals surface area contributed by atoms with Gasteiger partial charge in [-0.2, -0.15) is 0 Å². The smallest absolute Gasteiger partial charge is 0.315 e. The maximum Gasteiger partial charge on any atom is 0.315 e. The number of ether oxygens (including phenoxy) is 1. The zero-order chi connectivity index (χ0) is 14.3. The molecule has 0 unspecified atom stereocenters. The third-order valence-corrected chi connectivity index (χ3v) is 5.53. The highest BCUT2D eigenvalue weighted by molar-refractivity contribution is 5.75. The molecule has 20 heavy (non-hydrogen) atoms. The van der Waals surface area contributed by atoms with E-state index in [0.29, 0.717) is 18.1 Å². The zero-order valence-corrected chi connectivity index (χ0v) is 12.9. The third-order valence-electron chi connectivity index (χ3n) is 5.53. The average Bonchev–Trinajstić information content (AvgIpc) is 3.10. The molecule has 0 aromatic carbocycles. The van der Waals surface area contributed by atoms with E-state index >= 15 is 0 Å². The van der Waals surface area contributed by atoms with E-state index in [1.165, 1.54) is 12.8 Å². The Kier molecular flexibility index (Phi) is 3.69. The Bertz CT molecular complexity index is 379. The molecule has 2 amide bonds. The fraction of sp³-hybridized carbons (Fsp3) is 0.938. The lowest BCUT2D eigenvalue weighted by molar-refractivity contribution is -0.108. The van der Waals surface area contributed by atoms with Crippen molar-refractivity contribution in [2.75, 3.05) is 6.61 Å². The van der Waals surface area contributed by atoms with Crippen LogP contribution >= 0.6 is 0 Å². The van der Waals surface area contributed by atoms with E-state index < -0.39 is 0 Å². The van der Waals surface area contributed by atoms with Crippen LogP contribution in [-0.4, -0.2) is 30.8 Å². The predicted molar refractivity (Wildman–Crippen MR) is 78.5 cm³/mol. The summed E-state index contributed by atoms with van der Waals surface area (Å²) in [5, 5.41) is 6.37. The van der Waals surface area contributed by atoms with Crippen LogP contribution in [0.25, 0.3) is 0 Å². The highest BCUT2D eigenvalue weighted by atomic mass is 16.5. The number of hydrogen-bond acceptors (Lipinski definition) is 2. The summed E-state index contributed by atoms with van der Waals surface area (Å²) in [7, 11) is 0. The van der Waals surface area contributed by atoms with Gasteiger partial charge in [0.25, 0.3) is 0 Å². The highest BCUT2D eigenvalue weighted by Gasteiger charge is 2.59. The van der Waals surface area contributed by atoms with E-state index in [1.54, 1.807) is 0 Å². The van der Waals surface area contributed by atoms with Crippen molar-refractivity contribution in [3.05, 3.63) is 0 Å². The highest BCUT2D eigenvalue weighted by Crippen LogP contribution is 2.52. The number of hydrogen-bond donors (Lipinski definition) is 2. The summed E-state index contributed by atoms with van der Waals surface area (Å²) in [5.41, 5.74) is 0.0662. The van der Waals surface area contributed by atoms with Gasteiger partial charge in [0.2, 0.25) is 0 Å². The molecule has 3 rings (SSSR count). The molecule has 1 saturated heterocycles. The third kappa shape index (κ3) is 2.54. The largest absolute Gasteiger partial charge is 0.377 e. The minimum absolute atomic E-state index is 0.0147. The van der Waals surface area contributed by atoms with Gasteiger partial charge in [0, 0.05) is 30.0 Å². The van der Waals surface area contributed by atoms with Crippen molar-refractivity contribution in [2.24, 2.45) is 17.3 Å². The Hall–Kier alpha value is -0.770. The Morgan fingerprint density at radius 3 is 2.75 bits per heavy atom. The molecule has 2 saturated carbocycles. The molecule has 1 heterocycles. The van der Waals surface area contributed by atoms with Crippen molar-refractivity contribution in [3.63, 3.8) is 0 Å². The van der Waals surface area contributed by atoms with Gasteiger partial charge in [0.15, 0.2) is 0 Å². The quantitative estimate of drug-likeness (QED) is 0.813. The van der Waals surface area contributed by atoms with Crippen LogP contribution in [0.1, 0.15) is 52.9 Å². The summed E-state index contributed by atoms with van der Waals surface area (Å²) in [6.45, 7) is 7.40. The Morgan fingerprint density at radius 2 is 2.10 bits per heavy atom. The molecule has 3 fully saturated rings. The van der Waals surface area contributed by atoms with E-state index in [9.17, 15) is 4.79 Å². The van der Waals surface area contributed by atoms with Gasteiger partial charge >= 0.3 is 6.03 Å². The molecule has 0 aromatic heterocycles. The van der Waals surface area contributed by atoms with Gasteiger partial charge in [-0.25, -0.2) is 4.79 Å². The lowest BCUT2D eigenvalue weighted by atomic mass is 9.57. The lowest BCUT2D eigenvalue weighted by Crippen LogP contribution is -2.68. The van der Waals surface area contributed by atoms with Gasteiger partial charge in [0.05, 0.1) is 6.10 Å². The molecular weight excluding hydrogens is 252 g/mol. The van der Waals surface area contributed by atoms with Crippen molar-refractivity contribution < 1.29 is 9.53 Å². The first kappa shape index (κ1) is 14.2. The number of amides is 2. The van der Waals surface area contributed by atoms with Gasteiger partial charge in [-0.1, -0.05) is 33.6 Å². The summed E-state index contributed by atoms with van der Waals surface area (Å²) in [6.07, 6.45) is 6.27. The minimum atomic E-state index is 0.0147. The molecule has 0 aromatic rings. The number of carbonyl (C=O) groups is 1. The van der Waals surface area contributed by atoms with E-state index in [1.807, 2.05) is 0 Å². The van der Waals surface area contributed by atoms with E-state index in [-0.39, 0.29) is 17.5 Å². The maximum absolute atomic E-state index is 12.2. The monoisotopic (exact) mass is 280 g/mol. The average molecular weight is 280 g/mol. The number of carbonyl (C=O) groups excluding carboxylic acids is 1. The van der Waals surface area contributed by atoms with Crippen LogP contribution in [0, 0.1) is 17.3 Å². The van der Waals surface area contributed by atoms with Crippen LogP contribution in [-0.2, 0) is 4.74 Å². The van der Waals surface area contributed by atoms with E-state index in [4.69, 9.17) is 4.74 Å². The number of urea groups is 1. The molecule has 4 nitrogen and oxygen atoms in total. The summed E-state index contributed by atoms with van der Waals surface area (Å²) < 4.78 is 5.77. The Morgan fingerprint density at radius 1 is 1.35 bits per heavy atom. The Balaban J connectivity index is 1.50. The van der Waals surface area contributed by atoms with Gasteiger partial charge in [-0.3, -0.25) is 0 Å². The molecule has 0 radical (unpaired) electrons. The van der Waals surface area contributed by atoms with Crippen molar-refractivity contribution in [3.8, 4) is 0 Å². The Labute approximate surface area is 122 Å². The molecule has 4 atom stereocenters. The fourth-order valence-corrected chi connectivity index (χ4v) is 4.07. The number of rotatable bonds is 5. The first-order valence-corrected chi connectivity index (χ1v) is 8.21. The summed E-state index contributed by atoms with van der Waals surface area (Å²) in [6, 6.07) is 0.607. The van der Waals surface area contributed by atoms with E-state index in [2.05, 4.69) is 31.4 Å². The van der Waals surface area contributed by atoms with Gasteiger partial charge in [0.1, 0.15) is 0 Å².